The number of carbonyl (C=O) groups is 1. The van der Waals surface area contributed by atoms with Crippen LogP contribution in [0.25, 0.3) is 0 Å². The predicted octanol–water partition coefficient (Wildman–Crippen LogP) is 1.21. The maximum atomic E-state index is 11.7. The van der Waals surface area contributed by atoms with Crippen LogP contribution in [0, 0.1) is 5.41 Å². The molecule has 0 fully saturated rings. The highest BCUT2D eigenvalue weighted by molar-refractivity contribution is 5.82. The van der Waals surface area contributed by atoms with E-state index in [9.17, 15) is 4.79 Å². The molecule has 4 heteroatoms. The average molecular weight is 243 g/mol. The predicted molar refractivity (Wildman–Crippen MR) is 72.8 cm³/mol. The van der Waals surface area contributed by atoms with Crippen molar-refractivity contribution < 1.29 is 4.79 Å². The van der Waals surface area contributed by atoms with Gasteiger partial charge in [0.25, 0.3) is 0 Å². The van der Waals surface area contributed by atoms with E-state index in [0.717, 1.165) is 13.0 Å². The van der Waals surface area contributed by atoms with E-state index in [1.807, 2.05) is 20.8 Å². The van der Waals surface area contributed by atoms with Gasteiger partial charge >= 0.3 is 0 Å². The molecule has 0 unspecified atom stereocenters. The van der Waals surface area contributed by atoms with Crippen LogP contribution in [0.15, 0.2) is 0 Å². The number of hydrogen-bond acceptors (Lipinski definition) is 3. The van der Waals surface area contributed by atoms with E-state index in [1.54, 1.807) is 0 Å². The molecule has 0 aliphatic heterocycles. The van der Waals surface area contributed by atoms with Crippen molar-refractivity contribution in [3.05, 3.63) is 0 Å². The van der Waals surface area contributed by atoms with Gasteiger partial charge in [-0.2, -0.15) is 0 Å². The zero-order valence-corrected chi connectivity index (χ0v) is 12.2. The van der Waals surface area contributed by atoms with Crippen molar-refractivity contribution in [1.29, 1.82) is 0 Å². The SMILES string of the molecule is CC(C)N(C)CCCNC(=O)[C@H](N)C(C)(C)C. The molecule has 1 amide bonds. The third-order valence-corrected chi connectivity index (χ3v) is 3.08. The van der Waals surface area contributed by atoms with Gasteiger partial charge < -0.3 is 16.0 Å². The lowest BCUT2D eigenvalue weighted by Gasteiger charge is -2.26. The number of hydrogen-bond donors (Lipinski definition) is 2. The molecule has 0 spiro atoms. The highest BCUT2D eigenvalue weighted by atomic mass is 16.2. The smallest absolute Gasteiger partial charge is 0.237 e. The van der Waals surface area contributed by atoms with Gasteiger partial charge in [-0.1, -0.05) is 20.8 Å². The van der Waals surface area contributed by atoms with E-state index in [1.165, 1.54) is 0 Å². The van der Waals surface area contributed by atoms with Gasteiger partial charge in [0.05, 0.1) is 6.04 Å². The minimum Gasteiger partial charge on any atom is -0.355 e. The first-order chi connectivity index (χ1) is 7.66. The number of carbonyl (C=O) groups excluding carboxylic acids is 1. The molecule has 0 saturated carbocycles. The van der Waals surface area contributed by atoms with Crippen molar-refractivity contribution in [1.82, 2.24) is 10.2 Å². The molecule has 0 aromatic rings. The molecule has 0 aromatic heterocycles. The van der Waals surface area contributed by atoms with Gasteiger partial charge in [-0.25, -0.2) is 0 Å². The molecule has 1 atom stereocenters. The lowest BCUT2D eigenvalue weighted by Crippen LogP contribution is -2.49. The minimum absolute atomic E-state index is 0.0512. The molecule has 0 saturated heterocycles. The molecule has 4 nitrogen and oxygen atoms in total. The van der Waals surface area contributed by atoms with Crippen LogP contribution >= 0.6 is 0 Å². The van der Waals surface area contributed by atoms with E-state index in [0.29, 0.717) is 12.6 Å². The highest BCUT2D eigenvalue weighted by Gasteiger charge is 2.26. The third kappa shape index (κ3) is 6.64. The summed E-state index contributed by atoms with van der Waals surface area (Å²) in [6.45, 7) is 11.9. The van der Waals surface area contributed by atoms with Gasteiger partial charge in [0, 0.05) is 12.6 Å². The summed E-state index contributed by atoms with van der Waals surface area (Å²) in [6, 6.07) is 0.105. The Bertz CT molecular complexity index is 233. The summed E-state index contributed by atoms with van der Waals surface area (Å²) in [4.78, 5) is 14.0. The Morgan fingerprint density at radius 3 is 2.29 bits per heavy atom. The third-order valence-electron chi connectivity index (χ3n) is 3.08. The molecular weight excluding hydrogens is 214 g/mol. The van der Waals surface area contributed by atoms with Crippen molar-refractivity contribution >= 4 is 5.91 Å². The fraction of sp³-hybridized carbons (Fsp3) is 0.923. The van der Waals surface area contributed by atoms with Crippen LogP contribution in [0.4, 0.5) is 0 Å². The number of amides is 1. The molecule has 0 rings (SSSR count). The topological polar surface area (TPSA) is 58.4 Å². The van der Waals surface area contributed by atoms with Crippen molar-refractivity contribution in [2.45, 2.75) is 53.1 Å². The number of nitrogens with two attached hydrogens (primary N) is 1. The fourth-order valence-corrected chi connectivity index (χ4v) is 1.30. The van der Waals surface area contributed by atoms with E-state index in [-0.39, 0.29) is 11.3 Å². The van der Waals surface area contributed by atoms with Gasteiger partial charge in [0.1, 0.15) is 0 Å². The quantitative estimate of drug-likeness (QED) is 0.689. The van der Waals surface area contributed by atoms with Crippen molar-refractivity contribution in [3.8, 4) is 0 Å². The maximum Gasteiger partial charge on any atom is 0.237 e. The molecule has 0 bridgehead atoms. The first-order valence-corrected chi connectivity index (χ1v) is 6.39. The Labute approximate surface area is 106 Å². The summed E-state index contributed by atoms with van der Waals surface area (Å²) in [5.41, 5.74) is 5.68. The Morgan fingerprint density at radius 1 is 1.35 bits per heavy atom. The van der Waals surface area contributed by atoms with Crippen LogP contribution < -0.4 is 11.1 Å². The summed E-state index contributed by atoms with van der Waals surface area (Å²) >= 11 is 0. The van der Waals surface area contributed by atoms with E-state index in [2.05, 4.69) is 31.1 Å². The van der Waals surface area contributed by atoms with Gasteiger partial charge in [-0.05, 0) is 39.3 Å². The standard InChI is InChI=1S/C13H29N3O/c1-10(2)16(6)9-7-8-15-12(17)11(14)13(3,4)5/h10-11H,7-9,14H2,1-6H3,(H,15,17)/t11-/m0/s1. The van der Waals surface area contributed by atoms with Crippen LogP contribution in [0.3, 0.4) is 0 Å². The molecular formula is C13H29N3O. The van der Waals surface area contributed by atoms with Gasteiger partial charge in [0.2, 0.25) is 5.91 Å². The van der Waals surface area contributed by atoms with Crippen LogP contribution in [-0.4, -0.2) is 43.0 Å². The first kappa shape index (κ1) is 16.4. The van der Waals surface area contributed by atoms with Gasteiger partial charge in [-0.3, -0.25) is 4.79 Å². The van der Waals surface area contributed by atoms with Crippen molar-refractivity contribution in [2.75, 3.05) is 20.1 Å². The van der Waals surface area contributed by atoms with Crippen LogP contribution in [0.1, 0.15) is 41.0 Å². The summed E-state index contributed by atoms with van der Waals surface area (Å²) < 4.78 is 0. The number of nitrogens with zero attached hydrogens (tertiary/aromatic N) is 1. The minimum atomic E-state index is -0.440. The second-order valence-electron chi connectivity index (χ2n) is 6.06. The van der Waals surface area contributed by atoms with Crippen molar-refractivity contribution in [2.24, 2.45) is 11.1 Å². The summed E-state index contributed by atoms with van der Waals surface area (Å²) in [6.07, 6.45) is 0.956. The van der Waals surface area contributed by atoms with Crippen LogP contribution in [0.5, 0.6) is 0 Å². The van der Waals surface area contributed by atoms with Crippen LogP contribution in [0.2, 0.25) is 0 Å². The summed E-state index contributed by atoms with van der Waals surface area (Å²) in [7, 11) is 2.09. The van der Waals surface area contributed by atoms with Gasteiger partial charge in [0.15, 0.2) is 0 Å². The zero-order valence-electron chi connectivity index (χ0n) is 12.2. The Balaban J connectivity index is 3.80. The second kappa shape index (κ2) is 6.97. The first-order valence-electron chi connectivity index (χ1n) is 6.39. The normalized spacial score (nSPS) is 14.2. The lowest BCUT2D eigenvalue weighted by molar-refractivity contribution is -0.124. The zero-order chi connectivity index (χ0) is 13.6. The summed E-state index contributed by atoms with van der Waals surface area (Å²) in [5, 5.41) is 2.89. The monoisotopic (exact) mass is 243 g/mol. The fourth-order valence-electron chi connectivity index (χ4n) is 1.30. The molecule has 17 heavy (non-hydrogen) atoms. The molecule has 0 aliphatic carbocycles. The van der Waals surface area contributed by atoms with E-state index >= 15 is 0 Å². The largest absolute Gasteiger partial charge is 0.355 e. The number of nitrogens with one attached hydrogen (secondary N) is 1. The molecule has 3 N–H and O–H groups in total. The average Bonchev–Trinajstić information content (AvgIpc) is 2.20. The Morgan fingerprint density at radius 2 is 1.88 bits per heavy atom. The molecule has 0 aromatic carbocycles. The highest BCUT2D eigenvalue weighted by Crippen LogP contribution is 2.16. The van der Waals surface area contributed by atoms with E-state index < -0.39 is 6.04 Å². The van der Waals surface area contributed by atoms with Crippen LogP contribution in [-0.2, 0) is 4.79 Å². The molecule has 0 radical (unpaired) electrons. The second-order valence-corrected chi connectivity index (χ2v) is 6.06. The lowest BCUT2D eigenvalue weighted by atomic mass is 9.87. The maximum absolute atomic E-state index is 11.7. The molecule has 102 valence electrons. The number of rotatable bonds is 6. The molecule has 0 aliphatic rings. The van der Waals surface area contributed by atoms with E-state index in [4.69, 9.17) is 5.73 Å². The summed E-state index contributed by atoms with van der Waals surface area (Å²) in [5.74, 6) is -0.0512. The Kier molecular flexibility index (Phi) is 6.72. The van der Waals surface area contributed by atoms with Crippen molar-refractivity contribution in [3.63, 3.8) is 0 Å². The Hall–Kier alpha value is -0.610. The van der Waals surface area contributed by atoms with Gasteiger partial charge in [-0.15, -0.1) is 0 Å². The molecule has 0 heterocycles.